The molecule has 124 valence electrons. The number of likely N-dealkylation sites (tertiary alicyclic amines) is 1. The minimum absolute atomic E-state index is 0.170. The number of rotatable bonds is 3. The van der Waals surface area contributed by atoms with E-state index >= 15 is 0 Å². The second-order valence-corrected chi connectivity index (χ2v) is 7.06. The van der Waals surface area contributed by atoms with Gasteiger partial charge in [-0.3, -0.25) is 19.3 Å². The summed E-state index contributed by atoms with van der Waals surface area (Å²) in [7, 11) is 0. The lowest BCUT2D eigenvalue weighted by molar-refractivity contribution is -0.143. The van der Waals surface area contributed by atoms with Crippen LogP contribution < -0.4 is 5.32 Å². The van der Waals surface area contributed by atoms with Gasteiger partial charge in [-0.25, -0.2) is 0 Å². The van der Waals surface area contributed by atoms with Crippen LogP contribution in [0.25, 0.3) is 0 Å². The number of benzene rings is 1. The minimum Gasteiger partial charge on any atom is -0.324 e. The topological polar surface area (TPSA) is 66.5 Å². The molecule has 0 aromatic heterocycles. The van der Waals surface area contributed by atoms with Crippen LogP contribution in [0.4, 0.5) is 5.69 Å². The van der Waals surface area contributed by atoms with Crippen molar-refractivity contribution in [2.45, 2.75) is 20.3 Å². The van der Waals surface area contributed by atoms with Gasteiger partial charge < -0.3 is 5.32 Å². The number of anilines is 1. The van der Waals surface area contributed by atoms with Crippen molar-refractivity contribution in [3.05, 3.63) is 41.5 Å². The molecule has 1 saturated heterocycles. The number of fused-ring (bicyclic) bond motifs is 5. The van der Waals surface area contributed by atoms with E-state index in [0.717, 1.165) is 28.1 Å². The number of imide groups is 1. The molecule has 1 aliphatic heterocycles. The second kappa shape index (κ2) is 5.30. The molecule has 4 atom stereocenters. The van der Waals surface area contributed by atoms with E-state index in [2.05, 4.69) is 17.5 Å². The SMILES string of the molecule is Cc1cccc(NC(=O)CN2C(=O)[C@@H]3[C@@H](C2=O)[C@H]2C=C[C@@H]3C2)c1C. The van der Waals surface area contributed by atoms with Crippen molar-refractivity contribution in [1.82, 2.24) is 4.90 Å². The molecule has 3 amide bonds. The third-order valence-electron chi connectivity index (χ3n) is 5.74. The van der Waals surface area contributed by atoms with Crippen LogP contribution in [0, 0.1) is 37.5 Å². The summed E-state index contributed by atoms with van der Waals surface area (Å²) < 4.78 is 0. The summed E-state index contributed by atoms with van der Waals surface area (Å²) in [4.78, 5) is 38.7. The number of hydrogen-bond acceptors (Lipinski definition) is 3. The Hall–Kier alpha value is -2.43. The van der Waals surface area contributed by atoms with E-state index in [1.807, 2.05) is 32.0 Å². The Balaban J connectivity index is 1.48. The molecule has 2 fully saturated rings. The maximum absolute atomic E-state index is 12.6. The first-order valence-corrected chi connectivity index (χ1v) is 8.37. The second-order valence-electron chi connectivity index (χ2n) is 7.06. The number of aryl methyl sites for hydroxylation is 1. The van der Waals surface area contributed by atoms with E-state index in [4.69, 9.17) is 0 Å². The van der Waals surface area contributed by atoms with Crippen molar-refractivity contribution >= 4 is 23.4 Å². The lowest BCUT2D eigenvalue weighted by Gasteiger charge is -2.17. The Bertz CT molecular complexity index is 753. The highest BCUT2D eigenvalue weighted by molar-refractivity contribution is 6.09. The van der Waals surface area contributed by atoms with Crippen molar-refractivity contribution in [2.75, 3.05) is 11.9 Å². The molecule has 1 saturated carbocycles. The molecule has 0 radical (unpaired) electrons. The first kappa shape index (κ1) is 15.1. The number of nitrogens with zero attached hydrogens (tertiary/aromatic N) is 1. The van der Waals surface area contributed by atoms with Gasteiger partial charge in [-0.05, 0) is 49.3 Å². The average molecular weight is 324 g/mol. The third-order valence-corrected chi connectivity index (χ3v) is 5.74. The van der Waals surface area contributed by atoms with Crippen LogP contribution in [-0.4, -0.2) is 29.2 Å². The summed E-state index contributed by atoms with van der Waals surface area (Å²) >= 11 is 0. The van der Waals surface area contributed by atoms with Crippen LogP contribution in [0.5, 0.6) is 0 Å². The molecule has 4 rings (SSSR count). The van der Waals surface area contributed by atoms with Crippen molar-refractivity contribution < 1.29 is 14.4 Å². The monoisotopic (exact) mass is 324 g/mol. The summed E-state index contributed by atoms with van der Waals surface area (Å²) in [5.41, 5.74) is 2.79. The van der Waals surface area contributed by atoms with Crippen molar-refractivity contribution in [3.63, 3.8) is 0 Å². The number of nitrogens with one attached hydrogen (secondary N) is 1. The van der Waals surface area contributed by atoms with E-state index in [0.29, 0.717) is 0 Å². The predicted molar refractivity (Wildman–Crippen MR) is 89.0 cm³/mol. The van der Waals surface area contributed by atoms with E-state index in [1.165, 1.54) is 0 Å². The number of carbonyl (C=O) groups excluding carboxylic acids is 3. The summed E-state index contributed by atoms with van der Waals surface area (Å²) in [6, 6.07) is 5.67. The summed E-state index contributed by atoms with van der Waals surface area (Å²) in [6.07, 6.45) is 5.00. The average Bonchev–Trinajstić information content (AvgIpc) is 3.22. The van der Waals surface area contributed by atoms with Gasteiger partial charge in [-0.15, -0.1) is 0 Å². The third kappa shape index (κ3) is 2.11. The van der Waals surface area contributed by atoms with Gasteiger partial charge in [-0.2, -0.15) is 0 Å². The Morgan fingerprint density at radius 1 is 1.12 bits per heavy atom. The first-order chi connectivity index (χ1) is 11.5. The fourth-order valence-corrected chi connectivity index (χ4v) is 4.34. The van der Waals surface area contributed by atoms with Gasteiger partial charge in [0.05, 0.1) is 11.8 Å². The zero-order valence-corrected chi connectivity index (χ0v) is 13.8. The standard InChI is InChI=1S/C19H20N2O3/c1-10-4-3-5-14(11(10)2)20-15(22)9-21-18(23)16-12-6-7-13(8-12)17(16)19(21)24/h3-7,12-13,16-17H,8-9H2,1-2H3,(H,20,22)/t12-,13+,16-,17-/m0/s1. The van der Waals surface area contributed by atoms with Gasteiger partial charge in [0.15, 0.2) is 0 Å². The molecule has 0 spiro atoms. The molecule has 1 aromatic rings. The number of allylic oxidation sites excluding steroid dienone is 2. The van der Waals surface area contributed by atoms with Crippen molar-refractivity contribution in [2.24, 2.45) is 23.7 Å². The molecule has 3 aliphatic rings. The predicted octanol–water partition coefficient (Wildman–Crippen LogP) is 2.05. The highest BCUT2D eigenvalue weighted by atomic mass is 16.2. The fraction of sp³-hybridized carbons (Fsp3) is 0.421. The molecule has 1 N–H and O–H groups in total. The number of amides is 3. The Kier molecular flexibility index (Phi) is 3.34. The lowest BCUT2D eigenvalue weighted by atomic mass is 9.85. The highest BCUT2D eigenvalue weighted by Crippen LogP contribution is 2.52. The van der Waals surface area contributed by atoms with Crippen molar-refractivity contribution in [3.8, 4) is 0 Å². The van der Waals surface area contributed by atoms with Crippen molar-refractivity contribution in [1.29, 1.82) is 0 Å². The quantitative estimate of drug-likeness (QED) is 0.683. The number of carbonyl (C=O) groups is 3. The molecule has 5 heteroatoms. The molecule has 1 aromatic carbocycles. The van der Waals surface area contributed by atoms with E-state index in [9.17, 15) is 14.4 Å². The molecular formula is C19H20N2O3. The molecule has 5 nitrogen and oxygen atoms in total. The molecule has 0 unspecified atom stereocenters. The zero-order valence-electron chi connectivity index (χ0n) is 13.8. The van der Waals surface area contributed by atoms with E-state index in [-0.39, 0.29) is 47.9 Å². The van der Waals surface area contributed by atoms with E-state index in [1.54, 1.807) is 0 Å². The van der Waals surface area contributed by atoms with Crippen LogP contribution in [0.15, 0.2) is 30.4 Å². The van der Waals surface area contributed by atoms with Gasteiger partial charge in [-0.1, -0.05) is 24.3 Å². The van der Waals surface area contributed by atoms with Crippen LogP contribution in [0.3, 0.4) is 0 Å². The smallest absolute Gasteiger partial charge is 0.244 e. The Morgan fingerprint density at radius 2 is 1.75 bits per heavy atom. The number of hydrogen-bond donors (Lipinski definition) is 1. The van der Waals surface area contributed by atoms with Crippen LogP contribution in [0.1, 0.15) is 17.5 Å². The van der Waals surface area contributed by atoms with Crippen LogP contribution >= 0.6 is 0 Å². The molecule has 1 heterocycles. The van der Waals surface area contributed by atoms with Gasteiger partial charge in [0.1, 0.15) is 6.54 Å². The minimum atomic E-state index is -0.328. The maximum Gasteiger partial charge on any atom is 0.244 e. The molecular weight excluding hydrogens is 304 g/mol. The van der Waals surface area contributed by atoms with Gasteiger partial charge in [0, 0.05) is 5.69 Å². The summed E-state index contributed by atoms with van der Waals surface area (Å²) in [6.45, 7) is 3.71. The highest BCUT2D eigenvalue weighted by Gasteiger charge is 2.59. The Morgan fingerprint density at radius 3 is 2.38 bits per heavy atom. The van der Waals surface area contributed by atoms with E-state index < -0.39 is 0 Å². The Labute approximate surface area is 140 Å². The van der Waals surface area contributed by atoms with Gasteiger partial charge in [0.25, 0.3) is 0 Å². The van der Waals surface area contributed by atoms with Gasteiger partial charge >= 0.3 is 0 Å². The first-order valence-electron chi connectivity index (χ1n) is 8.37. The lowest BCUT2D eigenvalue weighted by Crippen LogP contribution is -2.39. The normalized spacial score (nSPS) is 30.2. The zero-order chi connectivity index (χ0) is 17.0. The van der Waals surface area contributed by atoms with Crippen LogP contribution in [-0.2, 0) is 14.4 Å². The molecule has 24 heavy (non-hydrogen) atoms. The van der Waals surface area contributed by atoms with Crippen LogP contribution in [0.2, 0.25) is 0 Å². The summed E-state index contributed by atoms with van der Waals surface area (Å²) in [5, 5.41) is 2.82. The molecule has 2 aliphatic carbocycles. The maximum atomic E-state index is 12.6. The fourth-order valence-electron chi connectivity index (χ4n) is 4.34. The largest absolute Gasteiger partial charge is 0.324 e. The van der Waals surface area contributed by atoms with Gasteiger partial charge in [0.2, 0.25) is 17.7 Å². The summed E-state index contributed by atoms with van der Waals surface area (Å²) in [5.74, 6) is -0.851. The molecule has 2 bridgehead atoms.